The molecule has 1 aliphatic rings. The normalized spacial score (nSPS) is 16.6. The van der Waals surface area contributed by atoms with E-state index in [0.29, 0.717) is 11.4 Å². The van der Waals surface area contributed by atoms with Crippen molar-refractivity contribution in [2.24, 2.45) is 5.92 Å². The Morgan fingerprint density at radius 2 is 1.77 bits per heavy atom. The number of anilines is 1. The van der Waals surface area contributed by atoms with Crippen LogP contribution < -0.4 is 9.64 Å². The molecule has 5 heteroatoms. The molecule has 2 aromatic carbocycles. The highest BCUT2D eigenvalue weighted by Crippen LogP contribution is 2.42. The first-order valence-electron chi connectivity index (χ1n) is 10.7. The highest BCUT2D eigenvalue weighted by Gasteiger charge is 2.44. The predicted molar refractivity (Wildman–Crippen MR) is 122 cm³/mol. The minimum absolute atomic E-state index is 0.0118. The van der Waals surface area contributed by atoms with Gasteiger partial charge in [-0.2, -0.15) is 0 Å². The van der Waals surface area contributed by atoms with Gasteiger partial charge >= 0.3 is 0 Å². The second-order valence-electron chi connectivity index (χ2n) is 8.87. The van der Waals surface area contributed by atoms with Crippen molar-refractivity contribution in [2.45, 2.75) is 60.1 Å². The molecule has 0 aliphatic carbocycles. The van der Waals surface area contributed by atoms with Crippen LogP contribution in [0.5, 0.6) is 5.75 Å². The van der Waals surface area contributed by atoms with Gasteiger partial charge in [0.1, 0.15) is 5.75 Å². The number of nitrogens with zero attached hydrogens (tertiary/aromatic N) is 1. The average molecular weight is 422 g/mol. The summed E-state index contributed by atoms with van der Waals surface area (Å²) in [5.41, 5.74) is 3.65. The first-order valence-corrected chi connectivity index (χ1v) is 10.7. The molecular weight excluding hydrogens is 390 g/mol. The van der Waals surface area contributed by atoms with Crippen molar-refractivity contribution >= 4 is 17.4 Å². The van der Waals surface area contributed by atoms with Gasteiger partial charge in [0.05, 0.1) is 17.7 Å². The molecule has 0 bridgehead atoms. The van der Waals surface area contributed by atoms with Gasteiger partial charge in [-0.3, -0.25) is 14.5 Å². The fourth-order valence-electron chi connectivity index (χ4n) is 3.86. The van der Waals surface area contributed by atoms with Gasteiger partial charge in [-0.1, -0.05) is 32.0 Å². The molecule has 0 aromatic heterocycles. The Balaban J connectivity index is 2.16. The third-order valence-corrected chi connectivity index (χ3v) is 5.42. The van der Waals surface area contributed by atoms with Crippen LogP contribution in [-0.2, 0) is 9.59 Å². The van der Waals surface area contributed by atoms with E-state index in [1.165, 1.54) is 4.90 Å². The fourth-order valence-corrected chi connectivity index (χ4v) is 3.86. The Labute approximate surface area is 184 Å². The molecule has 3 rings (SSSR count). The van der Waals surface area contributed by atoms with E-state index in [-0.39, 0.29) is 29.8 Å². The van der Waals surface area contributed by atoms with Crippen molar-refractivity contribution in [1.82, 2.24) is 0 Å². The number of aliphatic hydroxyl groups is 1. The average Bonchev–Trinajstić information content (AvgIpc) is 2.94. The van der Waals surface area contributed by atoms with Gasteiger partial charge in [-0.05, 0) is 74.6 Å². The minimum atomic E-state index is -0.712. The van der Waals surface area contributed by atoms with Gasteiger partial charge in [0, 0.05) is 12.1 Å². The molecule has 0 radical (unpaired) electrons. The Bertz CT molecular complexity index is 1040. The molecule has 1 atom stereocenters. The van der Waals surface area contributed by atoms with Crippen LogP contribution in [0.1, 0.15) is 56.8 Å². The second kappa shape index (κ2) is 8.96. The van der Waals surface area contributed by atoms with Gasteiger partial charge in [0.25, 0.3) is 5.91 Å². The van der Waals surface area contributed by atoms with Crippen molar-refractivity contribution in [3.05, 3.63) is 70.5 Å². The van der Waals surface area contributed by atoms with Crippen LogP contribution >= 0.6 is 0 Å². The first kappa shape index (κ1) is 22.6. The number of carbonyl (C=O) groups excluding carboxylic acids is 2. The summed E-state index contributed by atoms with van der Waals surface area (Å²) in [5.74, 6) is -0.483. The zero-order chi connectivity index (χ0) is 22.9. The molecule has 2 aromatic rings. The third-order valence-electron chi connectivity index (χ3n) is 5.42. The monoisotopic (exact) mass is 421 g/mol. The van der Waals surface area contributed by atoms with Crippen LogP contribution in [0.25, 0.3) is 0 Å². The van der Waals surface area contributed by atoms with Crippen LogP contribution in [0.15, 0.2) is 53.8 Å². The summed E-state index contributed by atoms with van der Waals surface area (Å²) >= 11 is 0. The Kier molecular flexibility index (Phi) is 6.54. The molecule has 0 spiro atoms. The summed E-state index contributed by atoms with van der Waals surface area (Å²) in [7, 11) is 0. The lowest BCUT2D eigenvalue weighted by molar-refractivity contribution is -0.118. The number of hydrogen-bond donors (Lipinski definition) is 1. The molecule has 1 N–H and O–H groups in total. The summed E-state index contributed by atoms with van der Waals surface area (Å²) in [6.45, 7) is 11.7. The largest absolute Gasteiger partial charge is 0.503 e. The summed E-state index contributed by atoms with van der Waals surface area (Å²) in [5, 5.41) is 10.8. The summed E-state index contributed by atoms with van der Waals surface area (Å²) in [4.78, 5) is 27.8. The lowest BCUT2D eigenvalue weighted by Crippen LogP contribution is -2.31. The summed E-state index contributed by atoms with van der Waals surface area (Å²) in [6, 6.07) is 12.4. The molecule has 0 fully saturated rings. The molecule has 1 amide bonds. The molecule has 0 saturated carbocycles. The van der Waals surface area contributed by atoms with Crippen molar-refractivity contribution < 1.29 is 19.4 Å². The van der Waals surface area contributed by atoms with Gasteiger partial charge in [0.15, 0.2) is 11.5 Å². The topological polar surface area (TPSA) is 66.8 Å². The van der Waals surface area contributed by atoms with E-state index in [4.69, 9.17) is 4.74 Å². The summed E-state index contributed by atoms with van der Waals surface area (Å²) < 4.78 is 5.84. The molecule has 5 nitrogen and oxygen atoms in total. The van der Waals surface area contributed by atoms with Gasteiger partial charge in [-0.25, -0.2) is 0 Å². The molecule has 1 heterocycles. The number of carbonyl (C=O) groups is 2. The van der Waals surface area contributed by atoms with E-state index in [1.54, 1.807) is 0 Å². The number of rotatable bonds is 7. The molecule has 31 heavy (non-hydrogen) atoms. The van der Waals surface area contributed by atoms with Crippen molar-refractivity contribution in [1.29, 1.82) is 0 Å². The summed E-state index contributed by atoms with van der Waals surface area (Å²) in [6.07, 6.45) is 0.244. The Morgan fingerprint density at radius 3 is 2.39 bits per heavy atom. The lowest BCUT2D eigenvalue weighted by Gasteiger charge is -2.28. The van der Waals surface area contributed by atoms with Crippen LogP contribution in [0.4, 0.5) is 5.69 Å². The molecular formula is C26H31NO4. The maximum atomic E-state index is 13.2. The Morgan fingerprint density at radius 1 is 1.06 bits per heavy atom. The van der Waals surface area contributed by atoms with Crippen LogP contribution in [0, 0.1) is 19.8 Å². The number of ether oxygens (including phenoxy) is 1. The smallest absolute Gasteiger partial charge is 0.294 e. The molecule has 1 unspecified atom stereocenters. The molecule has 0 saturated heterocycles. The van der Waals surface area contributed by atoms with Crippen molar-refractivity contribution in [2.75, 3.05) is 4.90 Å². The maximum absolute atomic E-state index is 13.2. The number of amides is 1. The highest BCUT2D eigenvalue weighted by molar-refractivity contribution is 6.16. The number of aryl methyl sites for hydroxylation is 2. The van der Waals surface area contributed by atoms with Crippen LogP contribution in [0.2, 0.25) is 0 Å². The van der Waals surface area contributed by atoms with Gasteiger partial charge in [0.2, 0.25) is 0 Å². The van der Waals surface area contributed by atoms with E-state index in [2.05, 4.69) is 0 Å². The minimum Gasteiger partial charge on any atom is -0.503 e. The first-order chi connectivity index (χ1) is 14.6. The van der Waals surface area contributed by atoms with E-state index >= 15 is 0 Å². The van der Waals surface area contributed by atoms with E-state index < -0.39 is 17.7 Å². The van der Waals surface area contributed by atoms with Crippen molar-refractivity contribution in [3.63, 3.8) is 0 Å². The number of benzene rings is 2. The number of hydrogen-bond acceptors (Lipinski definition) is 4. The zero-order valence-corrected chi connectivity index (χ0v) is 19.1. The van der Waals surface area contributed by atoms with Crippen LogP contribution in [-0.4, -0.2) is 22.9 Å². The fraction of sp³-hybridized carbons (Fsp3) is 0.385. The SMILES string of the molecule is Cc1ccc(N2C(=O)C(O)=C(C(=O)CC(C)C)C2c2cccc(OC(C)C)c2)cc1C. The van der Waals surface area contributed by atoms with Gasteiger partial charge < -0.3 is 9.84 Å². The second-order valence-corrected chi connectivity index (χ2v) is 8.87. The third kappa shape index (κ3) is 4.66. The van der Waals surface area contributed by atoms with Crippen molar-refractivity contribution in [3.8, 4) is 5.75 Å². The predicted octanol–water partition coefficient (Wildman–Crippen LogP) is 5.61. The lowest BCUT2D eigenvalue weighted by atomic mass is 9.91. The van der Waals surface area contributed by atoms with E-state index in [1.807, 2.05) is 84.0 Å². The standard InChI is InChI=1S/C26H31NO4/c1-15(2)12-22(28)23-24(19-8-7-9-21(14-19)31-16(3)4)27(26(30)25(23)29)20-11-10-17(5)18(6)13-20/h7-11,13-16,24,29H,12H2,1-6H3. The van der Waals surface area contributed by atoms with E-state index in [9.17, 15) is 14.7 Å². The Hall–Kier alpha value is -3.08. The number of Topliss-reactive ketones (excluding diaryl/α,β-unsaturated/α-hetero) is 1. The number of ketones is 1. The maximum Gasteiger partial charge on any atom is 0.294 e. The molecule has 164 valence electrons. The zero-order valence-electron chi connectivity index (χ0n) is 19.1. The quantitative estimate of drug-likeness (QED) is 0.631. The number of aliphatic hydroxyl groups excluding tert-OH is 1. The van der Waals surface area contributed by atoms with E-state index in [0.717, 1.165) is 16.7 Å². The van der Waals surface area contributed by atoms with Crippen LogP contribution in [0.3, 0.4) is 0 Å². The van der Waals surface area contributed by atoms with Gasteiger partial charge in [-0.15, -0.1) is 0 Å². The highest BCUT2D eigenvalue weighted by atomic mass is 16.5. The molecule has 1 aliphatic heterocycles.